The topological polar surface area (TPSA) is 62.5 Å². The van der Waals surface area contributed by atoms with Crippen molar-refractivity contribution in [3.05, 3.63) is 17.7 Å². The van der Waals surface area contributed by atoms with E-state index in [1.807, 2.05) is 0 Å². The lowest BCUT2D eigenvalue weighted by Crippen LogP contribution is -2.11. The summed E-state index contributed by atoms with van der Waals surface area (Å²) in [6.07, 6.45) is 2.85. The third kappa shape index (κ3) is 1.42. The predicted octanol–water partition coefficient (Wildman–Crippen LogP) is 0.336. The smallest absolute Gasteiger partial charge is 0.233 e. The molecule has 0 saturated heterocycles. The number of amidine groups is 1. The molecule has 0 radical (unpaired) electrons. The van der Waals surface area contributed by atoms with E-state index in [4.69, 9.17) is 10.1 Å². The fraction of sp³-hybridized carbons (Fsp3) is 0.143. The number of aliphatic imine (C=N–C) groups is 1. The van der Waals surface area contributed by atoms with Gasteiger partial charge in [-0.15, -0.1) is 0 Å². The summed E-state index contributed by atoms with van der Waals surface area (Å²) in [5.74, 6) is 1.87. The van der Waals surface area contributed by atoms with Crippen molar-refractivity contribution in [3.8, 4) is 0 Å². The average molecular weight is 150 g/mol. The van der Waals surface area contributed by atoms with Gasteiger partial charge in [-0.2, -0.15) is 4.99 Å². The lowest BCUT2D eigenvalue weighted by Gasteiger charge is -2.05. The molecule has 0 bridgehead atoms. The Labute approximate surface area is 63.4 Å². The summed E-state index contributed by atoms with van der Waals surface area (Å²) in [5, 5.41) is 7.09. The van der Waals surface area contributed by atoms with Gasteiger partial charge in [0.25, 0.3) is 0 Å². The van der Waals surface area contributed by atoms with Crippen LogP contribution in [0.3, 0.4) is 0 Å². The van der Waals surface area contributed by atoms with Crippen molar-refractivity contribution < 1.29 is 9.53 Å². The van der Waals surface area contributed by atoms with Gasteiger partial charge in [-0.1, -0.05) is 0 Å². The zero-order valence-corrected chi connectivity index (χ0v) is 5.92. The second-order valence-electron chi connectivity index (χ2n) is 1.86. The van der Waals surface area contributed by atoms with Crippen LogP contribution in [0.4, 0.5) is 0 Å². The van der Waals surface area contributed by atoms with Gasteiger partial charge in [0, 0.05) is 0 Å². The minimum atomic E-state index is 0.0702. The fourth-order valence-electron chi connectivity index (χ4n) is 0.674. The molecule has 1 aliphatic rings. The van der Waals surface area contributed by atoms with Gasteiger partial charge < -0.3 is 4.74 Å². The van der Waals surface area contributed by atoms with Gasteiger partial charge >= 0.3 is 0 Å². The van der Waals surface area contributed by atoms with E-state index in [0.29, 0.717) is 0 Å². The summed E-state index contributed by atoms with van der Waals surface area (Å²) in [7, 11) is 1.39. The van der Waals surface area contributed by atoms with E-state index < -0.39 is 0 Å². The number of dihydropyridines is 1. The third-order valence-corrected chi connectivity index (χ3v) is 1.16. The second-order valence-corrected chi connectivity index (χ2v) is 1.86. The molecule has 1 N–H and O–H groups in total. The molecule has 1 rings (SSSR count). The van der Waals surface area contributed by atoms with Gasteiger partial charge in [0.15, 0.2) is 0 Å². The normalized spacial score (nSPS) is 15.9. The lowest BCUT2D eigenvalue weighted by molar-refractivity contribution is 0.405. The molecule has 0 atom stereocenters. The first-order valence-corrected chi connectivity index (χ1v) is 2.92. The first-order valence-electron chi connectivity index (χ1n) is 2.92. The van der Waals surface area contributed by atoms with Crippen LogP contribution in [0.5, 0.6) is 0 Å². The van der Waals surface area contributed by atoms with Gasteiger partial charge in [-0.05, 0) is 12.2 Å². The lowest BCUT2D eigenvalue weighted by atomic mass is 10.2. The number of hydrogen-bond acceptors (Lipinski definition) is 3. The van der Waals surface area contributed by atoms with E-state index in [1.165, 1.54) is 19.3 Å². The Morgan fingerprint density at radius 1 is 1.64 bits per heavy atom. The zero-order chi connectivity index (χ0) is 8.27. The summed E-state index contributed by atoms with van der Waals surface area (Å²) >= 11 is 0. The number of nitrogens with one attached hydrogen (secondary N) is 1. The molecule has 0 aromatic rings. The largest absolute Gasteiger partial charge is 0.480 e. The van der Waals surface area contributed by atoms with Crippen molar-refractivity contribution in [1.29, 1.82) is 5.41 Å². The Bertz CT molecular complexity index is 296. The Balaban J connectivity index is 3.05. The number of carbonyl (C=O) groups excluding carboxylic acids is 1. The van der Waals surface area contributed by atoms with Crippen molar-refractivity contribution >= 4 is 17.7 Å². The summed E-state index contributed by atoms with van der Waals surface area (Å²) < 4.78 is 4.72. The molecule has 0 aromatic heterocycles. The van der Waals surface area contributed by atoms with Crippen molar-refractivity contribution in [2.75, 3.05) is 7.11 Å². The first kappa shape index (κ1) is 7.44. The molecule has 0 spiro atoms. The Morgan fingerprint density at radius 2 is 2.36 bits per heavy atom. The highest BCUT2D eigenvalue weighted by Gasteiger charge is 2.10. The van der Waals surface area contributed by atoms with Gasteiger partial charge in [-0.3, -0.25) is 5.41 Å². The Kier molecular flexibility index (Phi) is 1.99. The summed E-state index contributed by atoms with van der Waals surface area (Å²) in [6, 6.07) is 0. The number of rotatable bonds is 0. The van der Waals surface area contributed by atoms with Crippen molar-refractivity contribution in [2.24, 2.45) is 4.99 Å². The quantitative estimate of drug-likeness (QED) is 0.506. The molecule has 0 aromatic carbocycles. The van der Waals surface area contributed by atoms with Gasteiger partial charge in [-0.25, -0.2) is 4.79 Å². The highest BCUT2D eigenvalue weighted by atomic mass is 16.5. The molecule has 1 heterocycles. The van der Waals surface area contributed by atoms with Crippen LogP contribution in [0, 0.1) is 5.41 Å². The predicted molar refractivity (Wildman–Crippen MR) is 40.5 cm³/mol. The van der Waals surface area contributed by atoms with Crippen LogP contribution in [-0.4, -0.2) is 24.8 Å². The second kappa shape index (κ2) is 2.94. The van der Waals surface area contributed by atoms with Crippen LogP contribution in [0.1, 0.15) is 0 Å². The molecular formula is C7H6N2O2. The number of nitrogens with zero attached hydrogens (tertiary/aromatic N) is 1. The third-order valence-electron chi connectivity index (χ3n) is 1.16. The van der Waals surface area contributed by atoms with E-state index in [-0.39, 0.29) is 17.3 Å². The van der Waals surface area contributed by atoms with Gasteiger partial charge in [0.05, 0.1) is 7.11 Å². The van der Waals surface area contributed by atoms with Crippen LogP contribution >= 0.6 is 0 Å². The maximum atomic E-state index is 10.2. The molecule has 4 nitrogen and oxygen atoms in total. The van der Waals surface area contributed by atoms with Crippen LogP contribution in [0.25, 0.3) is 0 Å². The minimum Gasteiger partial charge on any atom is -0.480 e. The molecule has 0 unspecified atom stereocenters. The van der Waals surface area contributed by atoms with E-state index in [0.717, 1.165) is 0 Å². The van der Waals surface area contributed by atoms with Crippen LogP contribution in [0.15, 0.2) is 22.7 Å². The Morgan fingerprint density at radius 3 is 2.91 bits per heavy atom. The van der Waals surface area contributed by atoms with Crippen LogP contribution in [0.2, 0.25) is 0 Å². The van der Waals surface area contributed by atoms with E-state index in [2.05, 4.69) is 4.99 Å². The molecule has 0 saturated carbocycles. The van der Waals surface area contributed by atoms with E-state index in [1.54, 1.807) is 5.94 Å². The van der Waals surface area contributed by atoms with Crippen molar-refractivity contribution in [2.45, 2.75) is 0 Å². The Hall–Kier alpha value is -1.67. The molecular weight excluding hydrogens is 144 g/mol. The number of ether oxygens (including phenoxy) is 1. The summed E-state index contributed by atoms with van der Waals surface area (Å²) in [6.45, 7) is 0. The van der Waals surface area contributed by atoms with Gasteiger partial charge in [0.1, 0.15) is 17.4 Å². The number of methoxy groups -OCH3 is 1. The van der Waals surface area contributed by atoms with Gasteiger partial charge in [0.2, 0.25) is 5.90 Å². The SMILES string of the molecule is COC1=NC(=N)C=CC1=C=O. The molecule has 1 aliphatic heterocycles. The summed E-state index contributed by atoms with van der Waals surface area (Å²) in [4.78, 5) is 13.8. The molecule has 56 valence electrons. The minimum absolute atomic E-state index is 0.0702. The van der Waals surface area contributed by atoms with Crippen LogP contribution < -0.4 is 0 Å². The standard InChI is InChI=1S/C7H6N2O2/c1-11-7-5(4-10)2-3-6(8)9-7/h2-3,8H,1H3. The molecule has 0 amide bonds. The zero-order valence-electron chi connectivity index (χ0n) is 5.92. The fourth-order valence-corrected chi connectivity index (χ4v) is 0.674. The molecule has 0 aliphatic carbocycles. The van der Waals surface area contributed by atoms with E-state index in [9.17, 15) is 4.79 Å². The monoisotopic (exact) mass is 150 g/mol. The van der Waals surface area contributed by atoms with E-state index >= 15 is 0 Å². The maximum Gasteiger partial charge on any atom is 0.233 e. The first-order chi connectivity index (χ1) is 5.27. The molecule has 4 heteroatoms. The average Bonchev–Trinajstić information content (AvgIpc) is 2.04. The maximum absolute atomic E-state index is 10.2. The summed E-state index contributed by atoms with van der Waals surface area (Å²) in [5.41, 5.74) is 0.239. The highest BCUT2D eigenvalue weighted by molar-refractivity contribution is 6.14. The van der Waals surface area contributed by atoms with Crippen LogP contribution in [-0.2, 0) is 9.53 Å². The highest BCUT2D eigenvalue weighted by Crippen LogP contribution is 2.04. The number of hydrogen-bond donors (Lipinski definition) is 1. The molecule has 0 fully saturated rings. The van der Waals surface area contributed by atoms with Crippen molar-refractivity contribution in [1.82, 2.24) is 0 Å². The van der Waals surface area contributed by atoms with Crippen molar-refractivity contribution in [3.63, 3.8) is 0 Å². The molecule has 11 heavy (non-hydrogen) atoms.